The van der Waals surface area contributed by atoms with Gasteiger partial charge in [0.2, 0.25) is 5.89 Å². The number of rotatable bonds is 4. The molecule has 1 fully saturated rings. The van der Waals surface area contributed by atoms with E-state index < -0.39 is 0 Å². The van der Waals surface area contributed by atoms with Gasteiger partial charge in [-0.05, 0) is 35.7 Å². The van der Waals surface area contributed by atoms with E-state index in [0.29, 0.717) is 11.7 Å². The molecule has 0 amide bonds. The Balaban J connectivity index is 1.79. The Bertz CT molecular complexity index is 526. The van der Waals surface area contributed by atoms with E-state index in [4.69, 9.17) is 9.26 Å². The Morgan fingerprint density at radius 1 is 1.58 bits per heavy atom. The van der Waals surface area contributed by atoms with Crippen molar-refractivity contribution in [3.8, 4) is 0 Å². The third-order valence-electron chi connectivity index (χ3n) is 3.49. The fraction of sp³-hybridized carbons (Fsp3) is 0.538. The predicted molar refractivity (Wildman–Crippen MR) is 71.9 cm³/mol. The molecule has 2 aromatic rings. The van der Waals surface area contributed by atoms with Crippen LogP contribution in [0.4, 0.5) is 0 Å². The zero-order valence-corrected chi connectivity index (χ0v) is 11.9. The number of likely N-dealkylation sites (tertiary alicyclic amines) is 1. The second-order valence-electron chi connectivity index (χ2n) is 4.85. The summed E-state index contributed by atoms with van der Waals surface area (Å²) < 4.78 is 10.8. The number of nitrogens with zero attached hydrogens (tertiary/aromatic N) is 3. The quantitative estimate of drug-likeness (QED) is 0.860. The van der Waals surface area contributed by atoms with Crippen LogP contribution >= 0.6 is 11.3 Å². The summed E-state index contributed by atoms with van der Waals surface area (Å²) in [5.74, 6) is 1.39. The van der Waals surface area contributed by atoms with E-state index in [-0.39, 0.29) is 12.1 Å². The van der Waals surface area contributed by atoms with Gasteiger partial charge in [-0.1, -0.05) is 5.16 Å². The molecular formula is C13H17N3O2S. The van der Waals surface area contributed by atoms with Crippen LogP contribution in [-0.4, -0.2) is 34.8 Å². The van der Waals surface area contributed by atoms with E-state index >= 15 is 0 Å². The van der Waals surface area contributed by atoms with E-state index in [9.17, 15) is 0 Å². The van der Waals surface area contributed by atoms with E-state index in [1.54, 1.807) is 18.4 Å². The van der Waals surface area contributed by atoms with Crippen LogP contribution in [0.2, 0.25) is 0 Å². The van der Waals surface area contributed by atoms with Gasteiger partial charge in [0.25, 0.3) is 0 Å². The van der Waals surface area contributed by atoms with Crippen molar-refractivity contribution < 1.29 is 9.26 Å². The summed E-state index contributed by atoms with van der Waals surface area (Å²) >= 11 is 1.72. The van der Waals surface area contributed by atoms with Crippen LogP contribution in [-0.2, 0) is 11.3 Å². The average molecular weight is 279 g/mol. The van der Waals surface area contributed by atoms with Crippen molar-refractivity contribution in [1.29, 1.82) is 0 Å². The third-order valence-corrected chi connectivity index (χ3v) is 4.22. The van der Waals surface area contributed by atoms with Gasteiger partial charge in [-0.15, -0.1) is 0 Å². The van der Waals surface area contributed by atoms with Crippen LogP contribution in [0, 0.1) is 6.92 Å². The number of aromatic nitrogens is 2. The highest BCUT2D eigenvalue weighted by atomic mass is 32.1. The van der Waals surface area contributed by atoms with Gasteiger partial charge in [-0.3, -0.25) is 4.90 Å². The number of methoxy groups -OCH3 is 1. The monoisotopic (exact) mass is 279 g/mol. The van der Waals surface area contributed by atoms with E-state index in [2.05, 4.69) is 31.9 Å². The fourth-order valence-electron chi connectivity index (χ4n) is 2.53. The number of aryl methyl sites for hydroxylation is 1. The van der Waals surface area contributed by atoms with Crippen LogP contribution in [0.15, 0.2) is 21.3 Å². The van der Waals surface area contributed by atoms with E-state index in [1.807, 2.05) is 6.92 Å². The minimum Gasteiger partial charge on any atom is -0.380 e. The lowest BCUT2D eigenvalue weighted by molar-refractivity contribution is 0.107. The summed E-state index contributed by atoms with van der Waals surface area (Å²) in [4.78, 5) is 6.72. The van der Waals surface area contributed by atoms with Crippen molar-refractivity contribution in [2.75, 3.05) is 13.7 Å². The largest absolute Gasteiger partial charge is 0.380 e. The molecule has 2 aromatic heterocycles. The molecule has 5 nitrogen and oxygen atoms in total. The van der Waals surface area contributed by atoms with Crippen LogP contribution < -0.4 is 0 Å². The first-order valence-electron chi connectivity index (χ1n) is 6.34. The molecule has 3 heterocycles. The molecule has 19 heavy (non-hydrogen) atoms. The summed E-state index contributed by atoms with van der Waals surface area (Å²) in [7, 11) is 1.76. The van der Waals surface area contributed by atoms with Crippen molar-refractivity contribution in [3.63, 3.8) is 0 Å². The zero-order chi connectivity index (χ0) is 13.2. The first-order valence-corrected chi connectivity index (χ1v) is 7.28. The fourth-order valence-corrected chi connectivity index (χ4v) is 3.19. The van der Waals surface area contributed by atoms with Crippen molar-refractivity contribution in [2.45, 2.75) is 32.0 Å². The number of thiophene rings is 1. The minimum absolute atomic E-state index is 0.158. The van der Waals surface area contributed by atoms with Crippen LogP contribution in [0.5, 0.6) is 0 Å². The second kappa shape index (κ2) is 5.40. The van der Waals surface area contributed by atoms with Crippen LogP contribution in [0.1, 0.15) is 29.7 Å². The van der Waals surface area contributed by atoms with Gasteiger partial charge < -0.3 is 9.26 Å². The lowest BCUT2D eigenvalue weighted by Crippen LogP contribution is -2.24. The standard InChI is InChI=1S/C13H17N3O2S/c1-9-14-13(18-15-9)12-5-11(17-2)7-16(12)6-10-3-4-19-8-10/h3-4,8,11-12H,5-7H2,1-2H3/t11-,12+/m0/s1. The Morgan fingerprint density at radius 3 is 3.11 bits per heavy atom. The molecule has 2 atom stereocenters. The van der Waals surface area contributed by atoms with Gasteiger partial charge in [-0.25, -0.2) is 0 Å². The Morgan fingerprint density at radius 2 is 2.47 bits per heavy atom. The average Bonchev–Trinajstić information content (AvgIpc) is 3.10. The molecule has 1 aliphatic rings. The highest BCUT2D eigenvalue weighted by Crippen LogP contribution is 2.33. The van der Waals surface area contributed by atoms with Gasteiger partial charge in [0, 0.05) is 20.2 Å². The normalized spacial score (nSPS) is 24.1. The Hall–Kier alpha value is -1.24. The Labute approximate surface area is 116 Å². The molecule has 0 bridgehead atoms. The number of hydrogen-bond donors (Lipinski definition) is 0. The predicted octanol–water partition coefficient (Wildman–Crippen LogP) is 2.40. The molecule has 0 unspecified atom stereocenters. The van der Waals surface area contributed by atoms with Gasteiger partial charge in [0.1, 0.15) is 0 Å². The molecule has 102 valence electrons. The van der Waals surface area contributed by atoms with Crippen LogP contribution in [0.3, 0.4) is 0 Å². The first-order chi connectivity index (χ1) is 9.26. The molecule has 0 saturated carbocycles. The molecule has 0 aromatic carbocycles. The summed E-state index contributed by atoms with van der Waals surface area (Å²) in [6.07, 6.45) is 1.14. The zero-order valence-electron chi connectivity index (χ0n) is 11.1. The highest BCUT2D eigenvalue weighted by Gasteiger charge is 2.36. The van der Waals surface area contributed by atoms with Crippen LogP contribution in [0.25, 0.3) is 0 Å². The Kier molecular flexibility index (Phi) is 3.63. The van der Waals surface area contributed by atoms with E-state index in [0.717, 1.165) is 19.5 Å². The summed E-state index contributed by atoms with van der Waals surface area (Å²) in [6.45, 7) is 3.65. The van der Waals surface area contributed by atoms with Gasteiger partial charge in [0.15, 0.2) is 5.82 Å². The smallest absolute Gasteiger partial charge is 0.244 e. The van der Waals surface area contributed by atoms with Crippen molar-refractivity contribution in [1.82, 2.24) is 15.0 Å². The minimum atomic E-state index is 0.158. The lowest BCUT2D eigenvalue weighted by atomic mass is 10.2. The van der Waals surface area contributed by atoms with Crippen molar-refractivity contribution >= 4 is 11.3 Å². The number of ether oxygens (including phenoxy) is 1. The topological polar surface area (TPSA) is 51.4 Å². The maximum Gasteiger partial charge on any atom is 0.244 e. The molecule has 0 aliphatic carbocycles. The maximum atomic E-state index is 5.49. The molecule has 0 radical (unpaired) electrons. The highest BCUT2D eigenvalue weighted by molar-refractivity contribution is 7.07. The van der Waals surface area contributed by atoms with E-state index in [1.165, 1.54) is 5.56 Å². The number of hydrogen-bond acceptors (Lipinski definition) is 6. The molecule has 1 saturated heterocycles. The molecule has 3 rings (SSSR count). The van der Waals surface area contributed by atoms with Crippen molar-refractivity contribution in [3.05, 3.63) is 34.1 Å². The van der Waals surface area contributed by atoms with Gasteiger partial charge >= 0.3 is 0 Å². The van der Waals surface area contributed by atoms with Crippen molar-refractivity contribution in [2.24, 2.45) is 0 Å². The molecule has 0 spiro atoms. The molecule has 0 N–H and O–H groups in total. The maximum absolute atomic E-state index is 5.49. The molecule has 6 heteroatoms. The second-order valence-corrected chi connectivity index (χ2v) is 5.63. The molecular weight excluding hydrogens is 262 g/mol. The van der Waals surface area contributed by atoms with Gasteiger partial charge in [-0.2, -0.15) is 16.3 Å². The molecule has 1 aliphatic heterocycles. The summed E-state index contributed by atoms with van der Waals surface area (Å²) in [5.41, 5.74) is 1.32. The first kappa shape index (κ1) is 12.8. The SMILES string of the molecule is CO[C@H]1C[C@H](c2nc(C)no2)N(Cc2ccsc2)C1. The summed E-state index contributed by atoms with van der Waals surface area (Å²) in [6, 6.07) is 2.31. The lowest BCUT2D eigenvalue weighted by Gasteiger charge is -2.20. The van der Waals surface area contributed by atoms with Gasteiger partial charge in [0.05, 0.1) is 12.1 Å². The summed E-state index contributed by atoms with van der Waals surface area (Å²) in [5, 5.41) is 8.17. The third kappa shape index (κ3) is 2.70.